The second-order valence-corrected chi connectivity index (χ2v) is 9.40. The third-order valence-electron chi connectivity index (χ3n) is 6.66. The number of hydrogen-bond donors (Lipinski definition) is 2. The molecule has 1 fully saturated rings. The Bertz CT molecular complexity index is 997. The maximum atomic E-state index is 14.2. The van der Waals surface area contributed by atoms with Crippen LogP contribution < -0.4 is 0 Å². The number of aryl methyl sites for hydroxylation is 3. The van der Waals surface area contributed by atoms with E-state index in [2.05, 4.69) is 4.90 Å². The Labute approximate surface area is 200 Å². The molecule has 186 valence electrons. The minimum atomic E-state index is -0.912. The highest BCUT2D eigenvalue weighted by Gasteiger charge is 2.27. The first-order chi connectivity index (χ1) is 16.1. The Morgan fingerprint density at radius 3 is 2.62 bits per heavy atom. The first kappa shape index (κ1) is 26.3. The van der Waals surface area contributed by atoms with Crippen LogP contribution in [0.2, 0.25) is 0 Å². The summed E-state index contributed by atoms with van der Waals surface area (Å²) in [6, 6.07) is 8.66. The molecule has 5 nitrogen and oxygen atoms in total. The standard InChI is InChI=1S/C27H35F2NO4/c1-17-6-7-20(13-25(17)28)12-22-5-4-10-30(22)15-23(31)16-34-19(3)24-14-26(29)18(2)11-21(24)8-9-27(32)33/h6-7,11,13-14,19,22-23,31H,4-5,8-10,12,15-16H2,1-3H3,(H,32,33)/t19-,22+,23-/m1/s1. The van der Waals surface area contributed by atoms with Gasteiger partial charge in [0.15, 0.2) is 0 Å². The average Bonchev–Trinajstić information content (AvgIpc) is 3.21. The number of likely N-dealkylation sites (tertiary alicyclic amines) is 1. The van der Waals surface area contributed by atoms with Crippen LogP contribution in [0.15, 0.2) is 30.3 Å². The highest BCUT2D eigenvalue weighted by molar-refractivity contribution is 5.67. The topological polar surface area (TPSA) is 70.0 Å². The van der Waals surface area contributed by atoms with Crippen LogP contribution in [0.3, 0.4) is 0 Å². The number of rotatable bonds is 11. The van der Waals surface area contributed by atoms with Gasteiger partial charge in [0.05, 0.1) is 18.8 Å². The smallest absolute Gasteiger partial charge is 0.303 e. The van der Waals surface area contributed by atoms with Crippen LogP contribution in [0.25, 0.3) is 0 Å². The maximum Gasteiger partial charge on any atom is 0.303 e. The molecule has 0 unspecified atom stereocenters. The van der Waals surface area contributed by atoms with Gasteiger partial charge in [-0.05, 0) is 92.9 Å². The van der Waals surface area contributed by atoms with Crippen LogP contribution in [0, 0.1) is 25.5 Å². The Balaban J connectivity index is 1.56. The van der Waals surface area contributed by atoms with Crippen molar-refractivity contribution < 1.29 is 28.5 Å². The number of carboxylic acid groups (broad SMARTS) is 1. The lowest BCUT2D eigenvalue weighted by Gasteiger charge is -2.28. The zero-order chi connectivity index (χ0) is 24.8. The van der Waals surface area contributed by atoms with Crippen molar-refractivity contribution in [2.75, 3.05) is 19.7 Å². The number of benzene rings is 2. The predicted octanol–water partition coefficient (Wildman–Crippen LogP) is 4.74. The number of halogens is 2. The van der Waals surface area contributed by atoms with Crippen LogP contribution in [-0.2, 0) is 22.4 Å². The van der Waals surface area contributed by atoms with Crippen molar-refractivity contribution in [3.8, 4) is 0 Å². The van der Waals surface area contributed by atoms with Crippen molar-refractivity contribution in [1.29, 1.82) is 0 Å². The summed E-state index contributed by atoms with van der Waals surface area (Å²) in [5, 5.41) is 19.7. The summed E-state index contributed by atoms with van der Waals surface area (Å²) >= 11 is 0. The van der Waals surface area contributed by atoms with E-state index in [0.29, 0.717) is 23.2 Å². The third kappa shape index (κ3) is 7.08. The Morgan fingerprint density at radius 2 is 1.91 bits per heavy atom. The van der Waals surface area contributed by atoms with E-state index in [1.807, 2.05) is 6.07 Å². The maximum absolute atomic E-state index is 14.2. The molecule has 0 spiro atoms. The SMILES string of the molecule is Cc1ccc(C[C@@H]2CCCN2C[C@@H](O)CO[C@H](C)c2cc(F)c(C)cc2CCC(=O)O)cc1F. The zero-order valence-corrected chi connectivity index (χ0v) is 20.2. The minimum Gasteiger partial charge on any atom is -0.481 e. The van der Waals surface area contributed by atoms with E-state index in [4.69, 9.17) is 9.84 Å². The van der Waals surface area contributed by atoms with Crippen LogP contribution in [0.5, 0.6) is 0 Å². The molecule has 1 heterocycles. The van der Waals surface area contributed by atoms with Gasteiger partial charge in [0.2, 0.25) is 0 Å². The molecule has 0 bridgehead atoms. The summed E-state index contributed by atoms with van der Waals surface area (Å²) in [5.41, 5.74) is 3.40. The molecule has 3 atom stereocenters. The van der Waals surface area contributed by atoms with Gasteiger partial charge < -0.3 is 14.9 Å². The number of nitrogens with zero attached hydrogens (tertiary/aromatic N) is 1. The zero-order valence-electron chi connectivity index (χ0n) is 20.2. The Hall–Kier alpha value is -2.35. The highest BCUT2D eigenvalue weighted by atomic mass is 19.1. The number of aliphatic hydroxyl groups is 1. The fourth-order valence-electron chi connectivity index (χ4n) is 4.66. The van der Waals surface area contributed by atoms with Crippen molar-refractivity contribution in [2.24, 2.45) is 0 Å². The van der Waals surface area contributed by atoms with Gasteiger partial charge in [-0.25, -0.2) is 8.78 Å². The summed E-state index contributed by atoms with van der Waals surface area (Å²) in [4.78, 5) is 13.2. The van der Waals surface area contributed by atoms with E-state index in [9.17, 15) is 18.7 Å². The average molecular weight is 476 g/mol. The molecular formula is C27H35F2NO4. The van der Waals surface area contributed by atoms with Crippen LogP contribution in [0.4, 0.5) is 8.78 Å². The van der Waals surface area contributed by atoms with Crippen LogP contribution >= 0.6 is 0 Å². The van der Waals surface area contributed by atoms with E-state index < -0.39 is 18.2 Å². The fourth-order valence-corrected chi connectivity index (χ4v) is 4.66. The molecular weight excluding hydrogens is 440 g/mol. The lowest BCUT2D eigenvalue weighted by molar-refractivity contribution is -0.136. The first-order valence-corrected chi connectivity index (χ1v) is 11.9. The number of carbonyl (C=O) groups is 1. The number of β-amino-alcohol motifs (C(OH)–C–C–N with tert-alkyl or cyclic N) is 1. The van der Waals surface area contributed by atoms with Crippen molar-refractivity contribution in [2.45, 2.75) is 71.1 Å². The van der Waals surface area contributed by atoms with Crippen LogP contribution in [-0.4, -0.2) is 52.9 Å². The van der Waals surface area contributed by atoms with Gasteiger partial charge in [-0.1, -0.05) is 18.2 Å². The molecule has 2 N–H and O–H groups in total. The fraction of sp³-hybridized carbons (Fsp3) is 0.519. The van der Waals surface area contributed by atoms with Gasteiger partial charge in [0, 0.05) is 19.0 Å². The first-order valence-electron chi connectivity index (χ1n) is 11.9. The molecule has 0 saturated carbocycles. The molecule has 7 heteroatoms. The van der Waals surface area contributed by atoms with Gasteiger partial charge in [-0.3, -0.25) is 9.69 Å². The molecule has 2 aromatic carbocycles. The van der Waals surface area contributed by atoms with E-state index >= 15 is 0 Å². The number of ether oxygens (including phenoxy) is 1. The summed E-state index contributed by atoms with van der Waals surface area (Å²) < 4.78 is 34.0. The lowest BCUT2D eigenvalue weighted by Crippen LogP contribution is -2.39. The van der Waals surface area contributed by atoms with Crippen molar-refractivity contribution in [3.63, 3.8) is 0 Å². The molecule has 2 aromatic rings. The predicted molar refractivity (Wildman–Crippen MR) is 127 cm³/mol. The summed E-state index contributed by atoms with van der Waals surface area (Å²) in [7, 11) is 0. The van der Waals surface area contributed by atoms with E-state index in [1.165, 1.54) is 6.07 Å². The van der Waals surface area contributed by atoms with Crippen molar-refractivity contribution in [1.82, 2.24) is 4.90 Å². The number of aliphatic hydroxyl groups excluding tert-OH is 1. The van der Waals surface area contributed by atoms with Gasteiger partial charge >= 0.3 is 5.97 Å². The second kappa shape index (κ2) is 11.9. The second-order valence-electron chi connectivity index (χ2n) is 9.40. The van der Waals surface area contributed by atoms with Crippen molar-refractivity contribution >= 4 is 5.97 Å². The monoisotopic (exact) mass is 475 g/mol. The Morgan fingerprint density at radius 1 is 1.18 bits per heavy atom. The summed E-state index contributed by atoms with van der Waals surface area (Å²) in [5.74, 6) is -1.47. The molecule has 0 radical (unpaired) electrons. The molecule has 1 aliphatic heterocycles. The van der Waals surface area contributed by atoms with Crippen molar-refractivity contribution in [3.05, 3.63) is 69.8 Å². The van der Waals surface area contributed by atoms with E-state index in [1.54, 1.807) is 39.0 Å². The molecule has 1 saturated heterocycles. The van der Waals surface area contributed by atoms with Gasteiger partial charge in [0.1, 0.15) is 11.6 Å². The molecule has 0 amide bonds. The number of aliphatic carboxylic acids is 1. The third-order valence-corrected chi connectivity index (χ3v) is 6.66. The molecule has 1 aliphatic rings. The van der Waals surface area contributed by atoms with Gasteiger partial charge in [0.25, 0.3) is 0 Å². The van der Waals surface area contributed by atoms with Crippen LogP contribution in [0.1, 0.15) is 60.1 Å². The molecule has 34 heavy (non-hydrogen) atoms. The summed E-state index contributed by atoms with van der Waals surface area (Å²) in [6.07, 6.45) is 1.78. The lowest BCUT2D eigenvalue weighted by atomic mass is 9.96. The highest BCUT2D eigenvalue weighted by Crippen LogP contribution is 2.27. The normalized spacial score (nSPS) is 18.2. The number of carboxylic acids is 1. The van der Waals surface area contributed by atoms with E-state index in [0.717, 1.165) is 36.9 Å². The molecule has 0 aliphatic carbocycles. The minimum absolute atomic E-state index is 0.0470. The largest absolute Gasteiger partial charge is 0.481 e. The molecule has 0 aromatic heterocycles. The van der Waals surface area contributed by atoms with Gasteiger partial charge in [-0.15, -0.1) is 0 Å². The number of hydrogen-bond acceptors (Lipinski definition) is 4. The van der Waals surface area contributed by atoms with Gasteiger partial charge in [-0.2, -0.15) is 0 Å². The Kier molecular flexibility index (Phi) is 9.17. The van der Waals surface area contributed by atoms with E-state index in [-0.39, 0.29) is 37.1 Å². The summed E-state index contributed by atoms with van der Waals surface area (Å²) in [6.45, 7) is 6.58. The molecule has 3 rings (SSSR count). The quantitative estimate of drug-likeness (QED) is 0.491.